The maximum absolute atomic E-state index is 15.5. The monoisotopic (exact) mass is 558 g/mol. The molecule has 12 heteroatoms. The quantitative estimate of drug-likeness (QED) is 0.295. The number of rotatable bonds is 10. The first-order chi connectivity index (χ1) is 18.7. The molecule has 2 aromatic carbocycles. The van der Waals surface area contributed by atoms with Crippen molar-refractivity contribution >= 4 is 16.6 Å². The molecule has 0 spiro atoms. The molecule has 1 aromatic heterocycles. The largest absolute Gasteiger partial charge is 0.434 e. The maximum atomic E-state index is 15.5. The van der Waals surface area contributed by atoms with E-state index >= 15 is 4.39 Å². The number of halogens is 7. The first-order valence-corrected chi connectivity index (χ1v) is 12.8. The van der Waals surface area contributed by atoms with E-state index in [2.05, 4.69) is 10.3 Å². The molecule has 2 aliphatic rings. The molecule has 212 valence electrons. The molecule has 0 amide bonds. The summed E-state index contributed by atoms with van der Waals surface area (Å²) >= 11 is 0. The molecule has 1 saturated heterocycles. The first-order valence-electron chi connectivity index (χ1n) is 12.8. The predicted octanol–water partition coefficient (Wildman–Crippen LogP) is 6.10. The molecule has 5 rings (SSSR count). The van der Waals surface area contributed by atoms with E-state index in [0.717, 1.165) is 12.1 Å². The van der Waals surface area contributed by atoms with E-state index < -0.39 is 50.0 Å². The Balaban J connectivity index is 1.57. The van der Waals surface area contributed by atoms with Crippen LogP contribution in [0.1, 0.15) is 36.2 Å². The van der Waals surface area contributed by atoms with Crippen molar-refractivity contribution in [3.8, 4) is 5.75 Å². The van der Waals surface area contributed by atoms with Gasteiger partial charge >= 0.3 is 6.61 Å². The van der Waals surface area contributed by atoms with Crippen LogP contribution in [0.5, 0.6) is 5.75 Å². The van der Waals surface area contributed by atoms with Crippen LogP contribution in [-0.4, -0.2) is 72.8 Å². The van der Waals surface area contributed by atoms with Gasteiger partial charge in [0.2, 0.25) is 0 Å². The standard InChI is InChI=1S/C27H29F7N4O/c1-14-8-17-16-4-2-5-19(29)24(16)36-25(17)26(38(14)13-23(31)32)18-9-20(30)21(10-22(18)39-27(33)34)35-15-11-37(12-15)7-3-6-28/h2,4-5,9-10,14-15,23,26-27,35-36H,3,6-8,11-13H2,1H3/t14-,26?/m1/s1. The third-order valence-electron chi connectivity index (χ3n) is 7.48. The van der Waals surface area contributed by atoms with Crippen molar-refractivity contribution in [3.05, 3.63) is 58.8 Å². The molecule has 0 bridgehead atoms. The Morgan fingerprint density at radius 1 is 1.10 bits per heavy atom. The van der Waals surface area contributed by atoms with E-state index in [4.69, 9.17) is 4.74 Å². The van der Waals surface area contributed by atoms with Crippen molar-refractivity contribution in [1.82, 2.24) is 14.8 Å². The Morgan fingerprint density at radius 2 is 1.87 bits per heavy atom. The molecule has 0 radical (unpaired) electrons. The van der Waals surface area contributed by atoms with E-state index in [1.165, 1.54) is 17.0 Å². The van der Waals surface area contributed by atoms with Crippen LogP contribution in [0.4, 0.5) is 36.4 Å². The van der Waals surface area contributed by atoms with Crippen LogP contribution >= 0.6 is 0 Å². The first kappa shape index (κ1) is 27.6. The third kappa shape index (κ3) is 5.54. The number of nitrogens with zero attached hydrogens (tertiary/aromatic N) is 2. The number of para-hydroxylation sites is 1. The van der Waals surface area contributed by atoms with Crippen LogP contribution in [0.25, 0.3) is 10.9 Å². The second-order valence-corrected chi connectivity index (χ2v) is 10.1. The molecule has 1 fully saturated rings. The Morgan fingerprint density at radius 3 is 2.56 bits per heavy atom. The van der Waals surface area contributed by atoms with E-state index in [1.807, 2.05) is 4.90 Å². The van der Waals surface area contributed by atoms with Gasteiger partial charge < -0.3 is 15.0 Å². The number of aromatic amines is 1. The van der Waals surface area contributed by atoms with Gasteiger partial charge in [0.05, 0.1) is 36.5 Å². The van der Waals surface area contributed by atoms with Crippen LogP contribution in [0, 0.1) is 11.6 Å². The van der Waals surface area contributed by atoms with Gasteiger partial charge in [0.25, 0.3) is 6.43 Å². The number of benzene rings is 2. The zero-order valence-corrected chi connectivity index (χ0v) is 21.2. The number of hydrogen-bond acceptors (Lipinski definition) is 4. The maximum Gasteiger partial charge on any atom is 0.387 e. The molecule has 3 heterocycles. The highest BCUT2D eigenvalue weighted by Gasteiger charge is 2.39. The van der Waals surface area contributed by atoms with Gasteiger partial charge in [-0.25, -0.2) is 17.6 Å². The molecule has 5 nitrogen and oxygen atoms in total. The lowest BCUT2D eigenvalue weighted by Gasteiger charge is -2.41. The van der Waals surface area contributed by atoms with Crippen LogP contribution < -0.4 is 10.1 Å². The lowest BCUT2D eigenvalue weighted by molar-refractivity contribution is -0.0516. The number of ether oxygens (including phenoxy) is 1. The highest BCUT2D eigenvalue weighted by molar-refractivity contribution is 5.86. The summed E-state index contributed by atoms with van der Waals surface area (Å²) in [4.78, 5) is 6.34. The van der Waals surface area contributed by atoms with Crippen molar-refractivity contribution in [3.63, 3.8) is 0 Å². The molecule has 2 atom stereocenters. The van der Waals surface area contributed by atoms with Gasteiger partial charge in [-0.2, -0.15) is 8.78 Å². The van der Waals surface area contributed by atoms with Crippen molar-refractivity contribution in [2.75, 3.05) is 38.2 Å². The SMILES string of the molecule is C[C@@H]1Cc2c([nH]c3c(F)cccc23)C(c2cc(F)c(NC3CN(CCCF)C3)cc2OC(F)F)N1CC(F)F. The van der Waals surface area contributed by atoms with Gasteiger partial charge in [0.1, 0.15) is 17.4 Å². The van der Waals surface area contributed by atoms with Crippen molar-refractivity contribution in [2.24, 2.45) is 0 Å². The number of H-pyrrole nitrogens is 1. The van der Waals surface area contributed by atoms with Crippen LogP contribution in [0.3, 0.4) is 0 Å². The van der Waals surface area contributed by atoms with E-state index in [0.29, 0.717) is 49.1 Å². The van der Waals surface area contributed by atoms with Gasteiger partial charge in [-0.05, 0) is 37.5 Å². The van der Waals surface area contributed by atoms with Crippen molar-refractivity contribution < 1.29 is 35.5 Å². The number of fused-ring (bicyclic) bond motifs is 3. The minimum absolute atomic E-state index is 0.0723. The Hall–Kier alpha value is -2.99. The number of aromatic nitrogens is 1. The van der Waals surface area contributed by atoms with Gasteiger partial charge in [-0.1, -0.05) is 12.1 Å². The number of hydrogen-bond donors (Lipinski definition) is 2. The number of anilines is 1. The highest BCUT2D eigenvalue weighted by atomic mass is 19.3. The smallest absolute Gasteiger partial charge is 0.387 e. The summed E-state index contributed by atoms with van der Waals surface area (Å²) in [5.74, 6) is -1.69. The second-order valence-electron chi connectivity index (χ2n) is 10.1. The van der Waals surface area contributed by atoms with E-state index in [1.54, 1.807) is 13.0 Å². The Kier molecular flexibility index (Phi) is 7.95. The fourth-order valence-electron chi connectivity index (χ4n) is 5.76. The minimum Gasteiger partial charge on any atom is -0.434 e. The molecule has 3 aromatic rings. The fourth-order valence-corrected chi connectivity index (χ4v) is 5.76. The minimum atomic E-state index is -3.26. The Bertz CT molecular complexity index is 1310. The lowest BCUT2D eigenvalue weighted by atomic mass is 9.88. The highest BCUT2D eigenvalue weighted by Crippen LogP contribution is 2.45. The fraction of sp³-hybridized carbons (Fsp3) is 0.481. The second kappa shape index (κ2) is 11.2. The summed E-state index contributed by atoms with van der Waals surface area (Å²) in [6.07, 6.45) is -2.08. The molecule has 0 saturated carbocycles. The summed E-state index contributed by atoms with van der Waals surface area (Å²) in [6, 6.07) is 4.81. The number of nitrogens with one attached hydrogen (secondary N) is 2. The predicted molar refractivity (Wildman–Crippen MR) is 133 cm³/mol. The summed E-state index contributed by atoms with van der Waals surface area (Å²) in [5.41, 5.74) is 1.00. The van der Waals surface area contributed by atoms with Gasteiger partial charge in [0, 0.05) is 48.4 Å². The summed E-state index contributed by atoms with van der Waals surface area (Å²) in [7, 11) is 0. The number of likely N-dealkylation sites (tertiary alicyclic amines) is 1. The number of alkyl halides is 5. The van der Waals surface area contributed by atoms with Gasteiger partial charge in [-0.3, -0.25) is 14.2 Å². The average molecular weight is 559 g/mol. The van der Waals surface area contributed by atoms with Crippen LogP contribution in [-0.2, 0) is 6.42 Å². The third-order valence-corrected chi connectivity index (χ3v) is 7.48. The lowest BCUT2D eigenvalue weighted by Crippen LogP contribution is -2.54. The molecule has 2 aliphatic heterocycles. The van der Waals surface area contributed by atoms with Crippen LogP contribution in [0.2, 0.25) is 0 Å². The topological polar surface area (TPSA) is 43.5 Å². The molecular formula is C27H29F7N4O. The molecule has 1 unspecified atom stereocenters. The molecule has 2 N–H and O–H groups in total. The van der Waals surface area contributed by atoms with Crippen molar-refractivity contribution in [2.45, 2.75) is 50.9 Å². The summed E-state index contributed by atoms with van der Waals surface area (Å²) in [5, 5.41) is 3.52. The zero-order chi connectivity index (χ0) is 27.8. The van der Waals surface area contributed by atoms with Crippen LogP contribution in [0.15, 0.2) is 30.3 Å². The summed E-state index contributed by atoms with van der Waals surface area (Å²) in [6.45, 7) is -1.09. The van der Waals surface area contributed by atoms with E-state index in [-0.39, 0.29) is 28.6 Å². The van der Waals surface area contributed by atoms with Gasteiger partial charge in [-0.15, -0.1) is 0 Å². The van der Waals surface area contributed by atoms with E-state index in [9.17, 15) is 26.3 Å². The van der Waals surface area contributed by atoms with Gasteiger partial charge in [0.15, 0.2) is 0 Å². The van der Waals surface area contributed by atoms with Crippen molar-refractivity contribution in [1.29, 1.82) is 0 Å². The molecular weight excluding hydrogens is 529 g/mol. The normalized spacial score (nSPS) is 20.6. The molecule has 0 aliphatic carbocycles. The molecule has 39 heavy (non-hydrogen) atoms. The summed E-state index contributed by atoms with van der Waals surface area (Å²) < 4.78 is 102. The average Bonchev–Trinajstić information content (AvgIpc) is 3.21. The zero-order valence-electron chi connectivity index (χ0n) is 21.2. The Labute approximate surface area is 220 Å².